The van der Waals surface area contributed by atoms with Crippen LogP contribution in [0.1, 0.15) is 0 Å². The van der Waals surface area contributed by atoms with Crippen LogP contribution in [0.3, 0.4) is 0 Å². The molecule has 0 nitrogen and oxygen atoms in total. The molecule has 2 heterocycles. The molecule has 0 amide bonds. The van der Waals surface area contributed by atoms with E-state index >= 15 is 0 Å². The van der Waals surface area contributed by atoms with Crippen molar-refractivity contribution in [3.63, 3.8) is 0 Å². The Hall–Kier alpha value is -1.46. The summed E-state index contributed by atoms with van der Waals surface area (Å²) in [5.74, 6) is 0. The Labute approximate surface area is 176 Å². The molecule has 0 N–H and O–H groups in total. The molecule has 0 aliphatic heterocycles. The van der Waals surface area contributed by atoms with Crippen molar-refractivity contribution < 1.29 is 0 Å². The van der Waals surface area contributed by atoms with Gasteiger partial charge in [-0.05, 0) is 56.9 Å². The van der Waals surface area contributed by atoms with Crippen molar-refractivity contribution in [1.29, 1.82) is 0 Å². The van der Waals surface area contributed by atoms with E-state index in [0.29, 0.717) is 0 Å². The van der Waals surface area contributed by atoms with Gasteiger partial charge in [-0.1, -0.05) is 68.3 Å². The molecule has 0 fully saturated rings. The number of thiophene rings is 2. The van der Waals surface area contributed by atoms with Crippen LogP contribution < -0.4 is 0 Å². The Kier molecular flexibility index (Phi) is 4.24. The fourth-order valence-corrected chi connectivity index (χ4v) is 6.34. The molecule has 0 atom stereocenters. The topological polar surface area (TPSA) is 0 Å². The maximum atomic E-state index is 3.83. The molecule has 0 radical (unpaired) electrons. The van der Waals surface area contributed by atoms with Crippen LogP contribution in [0, 0.1) is 0 Å². The molecule has 5 aromatic rings. The van der Waals surface area contributed by atoms with Gasteiger partial charge in [0.15, 0.2) is 0 Å². The summed E-state index contributed by atoms with van der Waals surface area (Å²) in [6.07, 6.45) is 0. The predicted molar refractivity (Wildman–Crippen MR) is 123 cm³/mol. The van der Waals surface area contributed by atoms with Gasteiger partial charge in [-0.2, -0.15) is 0 Å². The van der Waals surface area contributed by atoms with Gasteiger partial charge in [-0.3, -0.25) is 0 Å². The Morgan fingerprint density at radius 2 is 1.00 bits per heavy atom. The van der Waals surface area contributed by atoms with Crippen molar-refractivity contribution in [3.8, 4) is 22.3 Å². The molecule has 0 saturated heterocycles. The first-order chi connectivity index (χ1) is 12.7. The Morgan fingerprint density at radius 3 is 1.46 bits per heavy atom. The van der Waals surface area contributed by atoms with E-state index in [2.05, 4.69) is 103 Å². The second-order valence-corrected chi connectivity index (χ2v) is 9.64. The van der Waals surface area contributed by atoms with Crippen LogP contribution in [0.25, 0.3) is 42.4 Å². The predicted octanol–water partition coefficient (Wildman–Crippen LogP) is 8.97. The summed E-state index contributed by atoms with van der Waals surface area (Å²) in [6, 6.07) is 21.8. The highest BCUT2D eigenvalue weighted by atomic mass is 79.9. The number of halogens is 2. The number of benzene rings is 3. The van der Waals surface area contributed by atoms with E-state index in [4.69, 9.17) is 0 Å². The summed E-state index contributed by atoms with van der Waals surface area (Å²) in [4.78, 5) is 0. The van der Waals surface area contributed by atoms with E-state index in [9.17, 15) is 0 Å². The summed E-state index contributed by atoms with van der Waals surface area (Å²) in [5, 5.41) is 6.90. The van der Waals surface area contributed by atoms with Crippen LogP contribution in [-0.4, -0.2) is 0 Å². The highest BCUT2D eigenvalue weighted by molar-refractivity contribution is 9.11. The fourth-order valence-electron chi connectivity index (χ4n) is 3.37. The van der Waals surface area contributed by atoms with E-state index in [-0.39, 0.29) is 0 Å². The first-order valence-corrected chi connectivity index (χ1v) is 11.5. The lowest BCUT2D eigenvalue weighted by Gasteiger charge is -2.12. The molecule has 0 unspecified atom stereocenters. The average Bonchev–Trinajstić information content (AvgIpc) is 3.31. The Morgan fingerprint density at radius 1 is 0.538 bits per heavy atom. The molecule has 26 heavy (non-hydrogen) atoms. The number of hydrogen-bond donors (Lipinski definition) is 0. The third-order valence-corrected chi connectivity index (χ3v) is 7.83. The van der Waals surface area contributed by atoms with E-state index in [1.54, 1.807) is 22.7 Å². The van der Waals surface area contributed by atoms with E-state index in [1.165, 1.54) is 42.4 Å². The maximum absolute atomic E-state index is 3.83. The monoisotopic (exact) mass is 498 g/mol. The van der Waals surface area contributed by atoms with Gasteiger partial charge >= 0.3 is 0 Å². The molecule has 0 spiro atoms. The van der Waals surface area contributed by atoms with Crippen LogP contribution in [0.2, 0.25) is 0 Å². The molecule has 0 aliphatic carbocycles. The highest BCUT2D eigenvalue weighted by Crippen LogP contribution is 2.43. The lowest BCUT2D eigenvalue weighted by Crippen LogP contribution is -1.86. The first kappa shape index (κ1) is 16.7. The van der Waals surface area contributed by atoms with E-state index in [1.807, 2.05) is 0 Å². The minimum absolute atomic E-state index is 1.12. The number of rotatable bonds is 2. The Bertz CT molecular complexity index is 1160. The highest BCUT2D eigenvalue weighted by Gasteiger charge is 2.14. The first-order valence-electron chi connectivity index (χ1n) is 8.14. The van der Waals surface area contributed by atoms with Gasteiger partial charge in [0.05, 0.1) is 0 Å². The molecule has 0 saturated carbocycles. The third kappa shape index (κ3) is 2.67. The second kappa shape index (κ2) is 6.61. The van der Waals surface area contributed by atoms with E-state index in [0.717, 1.165) is 8.95 Å². The molecule has 0 bridgehead atoms. The third-order valence-electron chi connectivity index (χ3n) is 4.60. The number of fused-ring (bicyclic) bond motifs is 2. The van der Waals surface area contributed by atoms with Crippen molar-refractivity contribution in [1.82, 2.24) is 0 Å². The summed E-state index contributed by atoms with van der Waals surface area (Å²) in [7, 11) is 0. The van der Waals surface area contributed by atoms with Gasteiger partial charge in [-0.25, -0.2) is 0 Å². The zero-order valence-corrected chi connectivity index (χ0v) is 18.3. The minimum atomic E-state index is 1.12. The standard InChI is InChI=1S/C22H12Br2S2/c23-19-12-18(16-6-2-4-14-8-10-26-22(14)16)20(24)11-17(19)15-5-1-3-13-7-9-25-21(13)15/h1-12H. The summed E-state index contributed by atoms with van der Waals surface area (Å²) >= 11 is 11.2. The van der Waals surface area contributed by atoms with Gasteiger partial charge in [0.25, 0.3) is 0 Å². The average molecular weight is 500 g/mol. The lowest BCUT2D eigenvalue weighted by molar-refractivity contribution is 1.57. The van der Waals surface area contributed by atoms with Crippen molar-refractivity contribution in [2.45, 2.75) is 0 Å². The van der Waals surface area contributed by atoms with Crippen molar-refractivity contribution in [3.05, 3.63) is 80.4 Å². The molecule has 0 aliphatic rings. The molecular weight excluding hydrogens is 488 g/mol. The fraction of sp³-hybridized carbons (Fsp3) is 0. The van der Waals surface area contributed by atoms with Gasteiger partial charge in [0.2, 0.25) is 0 Å². The van der Waals surface area contributed by atoms with Crippen LogP contribution in [0.4, 0.5) is 0 Å². The van der Waals surface area contributed by atoms with Gasteiger partial charge < -0.3 is 0 Å². The normalized spacial score (nSPS) is 11.5. The van der Waals surface area contributed by atoms with E-state index < -0.39 is 0 Å². The maximum Gasteiger partial charge on any atom is 0.0421 e. The minimum Gasteiger partial charge on any atom is -0.143 e. The van der Waals surface area contributed by atoms with Crippen molar-refractivity contribution in [2.24, 2.45) is 0 Å². The second-order valence-electron chi connectivity index (χ2n) is 6.10. The summed E-state index contributed by atoms with van der Waals surface area (Å²) < 4.78 is 4.89. The molecule has 2 aromatic heterocycles. The molecule has 4 heteroatoms. The van der Waals surface area contributed by atoms with Gasteiger partial charge in [0, 0.05) is 29.5 Å². The van der Waals surface area contributed by atoms with Crippen molar-refractivity contribution >= 4 is 74.7 Å². The summed E-state index contributed by atoms with van der Waals surface area (Å²) in [6.45, 7) is 0. The SMILES string of the molecule is Brc1cc(-c2cccc3ccsc23)c(Br)cc1-c1cccc2ccsc12. The van der Waals surface area contributed by atoms with Gasteiger partial charge in [0.1, 0.15) is 0 Å². The molecule has 5 rings (SSSR count). The number of hydrogen-bond acceptors (Lipinski definition) is 2. The summed E-state index contributed by atoms with van der Waals surface area (Å²) in [5.41, 5.74) is 4.97. The molecule has 3 aromatic carbocycles. The smallest absolute Gasteiger partial charge is 0.0421 e. The zero-order valence-electron chi connectivity index (χ0n) is 13.5. The lowest BCUT2D eigenvalue weighted by atomic mass is 9.99. The largest absolute Gasteiger partial charge is 0.143 e. The van der Waals surface area contributed by atoms with Crippen molar-refractivity contribution in [2.75, 3.05) is 0 Å². The zero-order chi connectivity index (χ0) is 17.7. The Balaban J connectivity index is 1.74. The molecule has 126 valence electrons. The van der Waals surface area contributed by atoms with Crippen LogP contribution in [-0.2, 0) is 0 Å². The quantitative estimate of drug-likeness (QED) is 0.227. The van der Waals surface area contributed by atoms with Crippen LogP contribution in [0.15, 0.2) is 80.4 Å². The molecular formula is C22H12Br2S2. The van der Waals surface area contributed by atoms with Crippen LogP contribution in [0.5, 0.6) is 0 Å². The van der Waals surface area contributed by atoms with Gasteiger partial charge in [-0.15, -0.1) is 22.7 Å². The van der Waals surface area contributed by atoms with Crippen LogP contribution >= 0.6 is 54.5 Å².